The first kappa shape index (κ1) is 13.1. The fraction of sp³-hybridized carbons (Fsp3) is 0.867. The molecule has 1 aliphatic carbocycles. The van der Waals surface area contributed by atoms with Crippen molar-refractivity contribution in [3.8, 4) is 0 Å². The van der Waals surface area contributed by atoms with Crippen LogP contribution in [-0.2, 0) is 4.74 Å². The normalized spacial score (nSPS) is 42.1. The highest BCUT2D eigenvalue weighted by atomic mass is 16.5. The van der Waals surface area contributed by atoms with Gasteiger partial charge in [-0.3, -0.25) is 0 Å². The van der Waals surface area contributed by atoms with Gasteiger partial charge in [0.25, 0.3) is 0 Å². The molecule has 3 atom stereocenters. The Morgan fingerprint density at radius 3 is 2.53 bits per heavy atom. The first-order valence-electron chi connectivity index (χ1n) is 6.87. The molecule has 1 aliphatic heterocycles. The highest BCUT2D eigenvalue weighted by Crippen LogP contribution is 2.44. The summed E-state index contributed by atoms with van der Waals surface area (Å²) in [6.45, 7) is 8.48. The molecule has 0 aromatic carbocycles. The molecule has 0 aromatic rings. The number of hydrogen-bond donors (Lipinski definition) is 1. The van der Waals surface area contributed by atoms with Gasteiger partial charge < -0.3 is 9.84 Å². The lowest BCUT2D eigenvalue weighted by Crippen LogP contribution is -2.55. The van der Waals surface area contributed by atoms with Gasteiger partial charge in [-0.05, 0) is 65.7 Å². The van der Waals surface area contributed by atoms with Crippen molar-refractivity contribution in [2.24, 2.45) is 5.92 Å². The summed E-state index contributed by atoms with van der Waals surface area (Å²) < 4.78 is 6.27. The van der Waals surface area contributed by atoms with Crippen molar-refractivity contribution >= 4 is 0 Å². The van der Waals surface area contributed by atoms with Gasteiger partial charge in [0, 0.05) is 0 Å². The molecule has 1 fully saturated rings. The largest absolute Gasteiger partial charge is 0.390 e. The summed E-state index contributed by atoms with van der Waals surface area (Å²) in [5.41, 5.74) is 1.06. The van der Waals surface area contributed by atoms with E-state index in [1.54, 1.807) is 0 Å². The molecule has 1 heterocycles. The average Bonchev–Trinajstić information content (AvgIpc) is 2.24. The molecule has 0 aromatic heterocycles. The van der Waals surface area contributed by atoms with Gasteiger partial charge in [0.15, 0.2) is 0 Å². The number of rotatable bonds is 1. The summed E-state index contributed by atoms with van der Waals surface area (Å²) in [5.74, 6) is 0.609. The Hall–Kier alpha value is -0.340. The van der Waals surface area contributed by atoms with Crippen molar-refractivity contribution in [2.75, 3.05) is 0 Å². The molecule has 0 amide bonds. The van der Waals surface area contributed by atoms with E-state index in [2.05, 4.69) is 19.9 Å². The Morgan fingerprint density at radius 2 is 2.00 bits per heavy atom. The molecule has 1 unspecified atom stereocenters. The number of aliphatic hydroxyl groups is 1. The van der Waals surface area contributed by atoms with Crippen LogP contribution in [0.25, 0.3) is 0 Å². The van der Waals surface area contributed by atoms with Crippen molar-refractivity contribution in [3.05, 3.63) is 11.6 Å². The summed E-state index contributed by atoms with van der Waals surface area (Å²) in [6.07, 6.45) is 7.45. The van der Waals surface area contributed by atoms with Crippen LogP contribution in [-0.4, -0.2) is 22.4 Å². The molecule has 0 spiro atoms. The van der Waals surface area contributed by atoms with Gasteiger partial charge in [0.2, 0.25) is 0 Å². The van der Waals surface area contributed by atoms with Crippen LogP contribution in [0, 0.1) is 5.92 Å². The maximum absolute atomic E-state index is 9.97. The van der Waals surface area contributed by atoms with Crippen LogP contribution in [0.3, 0.4) is 0 Å². The Morgan fingerprint density at radius 1 is 1.29 bits per heavy atom. The number of allylic oxidation sites excluding steroid dienone is 2. The zero-order valence-corrected chi connectivity index (χ0v) is 11.6. The fourth-order valence-corrected chi connectivity index (χ4v) is 3.30. The lowest BCUT2D eigenvalue weighted by molar-refractivity contribution is -0.233. The molecule has 0 radical (unpaired) electrons. The van der Waals surface area contributed by atoms with Crippen LogP contribution in [0.5, 0.6) is 0 Å². The van der Waals surface area contributed by atoms with E-state index >= 15 is 0 Å². The Balaban J connectivity index is 2.10. The quantitative estimate of drug-likeness (QED) is 0.709. The van der Waals surface area contributed by atoms with Crippen LogP contribution in [0.1, 0.15) is 59.8 Å². The average molecular weight is 238 g/mol. The second-order valence-electron chi connectivity index (χ2n) is 6.59. The summed E-state index contributed by atoms with van der Waals surface area (Å²) in [7, 11) is 0. The third-order valence-corrected chi connectivity index (χ3v) is 4.71. The molecule has 2 heteroatoms. The van der Waals surface area contributed by atoms with Crippen LogP contribution in [0.4, 0.5) is 0 Å². The second kappa shape index (κ2) is 4.40. The summed E-state index contributed by atoms with van der Waals surface area (Å²) in [5, 5.41) is 9.97. The van der Waals surface area contributed by atoms with E-state index < -0.39 is 5.60 Å². The molecular weight excluding hydrogens is 212 g/mol. The molecule has 2 nitrogen and oxygen atoms in total. The van der Waals surface area contributed by atoms with Crippen LogP contribution < -0.4 is 0 Å². The predicted octanol–water partition coefficient (Wildman–Crippen LogP) is 3.44. The van der Waals surface area contributed by atoms with Gasteiger partial charge in [-0.1, -0.05) is 11.6 Å². The van der Waals surface area contributed by atoms with E-state index in [1.807, 2.05) is 13.8 Å². The molecule has 2 rings (SSSR count). The highest BCUT2D eigenvalue weighted by Gasteiger charge is 2.46. The van der Waals surface area contributed by atoms with E-state index in [0.717, 1.165) is 19.3 Å². The van der Waals surface area contributed by atoms with Crippen molar-refractivity contribution in [1.29, 1.82) is 0 Å². The third-order valence-electron chi connectivity index (χ3n) is 4.71. The van der Waals surface area contributed by atoms with E-state index in [-0.39, 0.29) is 11.7 Å². The number of ether oxygens (including phenoxy) is 1. The second-order valence-corrected chi connectivity index (χ2v) is 6.59. The highest BCUT2D eigenvalue weighted by molar-refractivity contribution is 5.07. The zero-order valence-electron chi connectivity index (χ0n) is 11.6. The van der Waals surface area contributed by atoms with Gasteiger partial charge in [0.1, 0.15) is 0 Å². The Kier molecular flexibility index (Phi) is 3.39. The topological polar surface area (TPSA) is 29.5 Å². The predicted molar refractivity (Wildman–Crippen MR) is 69.9 cm³/mol. The van der Waals surface area contributed by atoms with Gasteiger partial charge in [-0.2, -0.15) is 0 Å². The molecule has 1 saturated heterocycles. The first-order chi connectivity index (χ1) is 7.83. The molecule has 17 heavy (non-hydrogen) atoms. The molecule has 2 aliphatic rings. The van der Waals surface area contributed by atoms with Gasteiger partial charge in [-0.15, -0.1) is 0 Å². The van der Waals surface area contributed by atoms with Crippen molar-refractivity contribution in [3.63, 3.8) is 0 Å². The number of hydrogen-bond acceptors (Lipinski definition) is 2. The molecule has 98 valence electrons. The minimum Gasteiger partial charge on any atom is -0.390 e. The van der Waals surface area contributed by atoms with Crippen molar-refractivity contribution in [2.45, 2.75) is 77.1 Å². The SMILES string of the molecule is CC1=CCC([C@]2(C)CC[C@@H](O)C(C)(C)O2)CC1. The molecule has 1 N–H and O–H groups in total. The van der Waals surface area contributed by atoms with Crippen LogP contribution >= 0.6 is 0 Å². The van der Waals surface area contributed by atoms with Crippen molar-refractivity contribution in [1.82, 2.24) is 0 Å². The van der Waals surface area contributed by atoms with Crippen LogP contribution in [0.15, 0.2) is 11.6 Å². The lowest BCUT2D eigenvalue weighted by Gasteiger charge is -2.50. The summed E-state index contributed by atoms with van der Waals surface area (Å²) in [4.78, 5) is 0. The standard InChI is InChI=1S/C15H26O2/c1-11-5-7-12(8-6-11)15(4)10-9-13(16)14(2,3)17-15/h5,12-13,16H,6-10H2,1-4H3/t12?,13-,15+/m1/s1. The van der Waals surface area contributed by atoms with Crippen LogP contribution in [0.2, 0.25) is 0 Å². The number of aliphatic hydroxyl groups excluding tert-OH is 1. The maximum atomic E-state index is 9.97. The maximum Gasteiger partial charge on any atom is 0.0891 e. The Labute approximate surface area is 105 Å². The molecule has 0 bridgehead atoms. The zero-order chi connectivity index (χ0) is 12.7. The van der Waals surface area contributed by atoms with Gasteiger partial charge in [0.05, 0.1) is 17.3 Å². The smallest absolute Gasteiger partial charge is 0.0891 e. The minimum absolute atomic E-state index is 0.0556. The Bertz CT molecular complexity index is 319. The van der Waals surface area contributed by atoms with Gasteiger partial charge >= 0.3 is 0 Å². The fourth-order valence-electron chi connectivity index (χ4n) is 3.30. The van der Waals surface area contributed by atoms with Crippen molar-refractivity contribution < 1.29 is 9.84 Å². The minimum atomic E-state index is -0.400. The monoisotopic (exact) mass is 238 g/mol. The van der Waals surface area contributed by atoms with E-state index in [9.17, 15) is 5.11 Å². The lowest BCUT2D eigenvalue weighted by atomic mass is 9.73. The molecule has 0 saturated carbocycles. The first-order valence-corrected chi connectivity index (χ1v) is 6.87. The van der Waals surface area contributed by atoms with Gasteiger partial charge in [-0.25, -0.2) is 0 Å². The van der Waals surface area contributed by atoms with E-state index in [0.29, 0.717) is 5.92 Å². The third kappa shape index (κ3) is 2.58. The molecular formula is C15H26O2. The summed E-state index contributed by atoms with van der Waals surface area (Å²) >= 11 is 0. The van der Waals surface area contributed by atoms with E-state index in [4.69, 9.17) is 4.74 Å². The summed E-state index contributed by atoms with van der Waals surface area (Å²) in [6, 6.07) is 0. The van der Waals surface area contributed by atoms with E-state index in [1.165, 1.54) is 18.4 Å².